The fourth-order valence-electron chi connectivity index (χ4n) is 12.6. The molecule has 0 aromatic heterocycles. The van der Waals surface area contributed by atoms with Gasteiger partial charge < -0.3 is 56.8 Å². The summed E-state index contributed by atoms with van der Waals surface area (Å²) in [6.45, 7) is 16.4. The van der Waals surface area contributed by atoms with Gasteiger partial charge in [0, 0.05) is 43.9 Å². The van der Waals surface area contributed by atoms with Gasteiger partial charge in [0.25, 0.3) is 0 Å². The molecule has 0 N–H and O–H groups in total. The molecule has 0 aliphatic heterocycles. The molecule has 131 heavy (non-hydrogen) atoms. The van der Waals surface area contributed by atoms with Crippen molar-refractivity contribution in [2.24, 2.45) is 0 Å². The standard InChI is InChI=1S/3C26H31FO6.C26H32O6/c1-3-5-6-7-8-9-10-11-24(28)32-20-14-12-19(13-15-20)25(29)33-21-16-17-22(23(27)18-21)26(30)31-4-2;2*1-3-5-6-7-8-9-10-11-24(28)32-21-16-17-22(23(27)18-21)26(30)33-20-14-12-19(13-15-20)25(29)31-4-2;1-3-5-6-7-8-9-10-11-24(27)31-22-16-14-21(15-17-22)26(29)32-23-18-12-20(13-19-23)25(28)30-4-2/h3*12-18H,3-11H2,1-2H3;12-19H,3-11H2,1-2H3. The van der Waals surface area contributed by atoms with E-state index >= 15 is 0 Å². The molecular weight excluding hydrogens is 1690 g/mol. The number of carbonyl (C=O) groups excluding carboxylic acids is 12. The number of benzene rings is 8. The van der Waals surface area contributed by atoms with Crippen LogP contribution in [0.25, 0.3) is 0 Å². The summed E-state index contributed by atoms with van der Waals surface area (Å²) < 4.78 is 104. The first-order valence-electron chi connectivity index (χ1n) is 45.6. The van der Waals surface area contributed by atoms with Gasteiger partial charge in [-0.15, -0.1) is 0 Å². The number of carbonyl (C=O) groups is 12. The zero-order chi connectivity index (χ0) is 95.3. The Bertz CT molecular complexity index is 4680. The Kier molecular flexibility index (Phi) is 53.1. The quantitative estimate of drug-likeness (QED) is 0.0148. The molecule has 0 spiro atoms. The van der Waals surface area contributed by atoms with Crippen molar-refractivity contribution < 1.29 is 128 Å². The molecule has 0 saturated heterocycles. The zero-order valence-electron chi connectivity index (χ0n) is 76.6. The van der Waals surface area contributed by atoms with Crippen LogP contribution in [0.1, 0.15) is 344 Å². The molecule has 24 nitrogen and oxygen atoms in total. The van der Waals surface area contributed by atoms with Crippen molar-refractivity contribution in [3.05, 3.63) is 238 Å². The molecule has 0 atom stereocenters. The van der Waals surface area contributed by atoms with Crippen LogP contribution in [0.4, 0.5) is 13.2 Å². The van der Waals surface area contributed by atoms with Crippen LogP contribution in [0.5, 0.6) is 46.0 Å². The van der Waals surface area contributed by atoms with Crippen LogP contribution < -0.4 is 37.9 Å². The van der Waals surface area contributed by atoms with E-state index in [1.54, 1.807) is 52.0 Å². The highest BCUT2D eigenvalue weighted by atomic mass is 19.1. The lowest BCUT2D eigenvalue weighted by molar-refractivity contribution is -0.135. The van der Waals surface area contributed by atoms with Crippen LogP contribution >= 0.6 is 0 Å². The number of esters is 12. The number of hydrogen-bond donors (Lipinski definition) is 0. The van der Waals surface area contributed by atoms with Crippen LogP contribution in [-0.2, 0) is 38.1 Å². The smallest absolute Gasteiger partial charge is 0.346 e. The van der Waals surface area contributed by atoms with E-state index in [0.717, 1.165) is 95.2 Å². The Balaban J connectivity index is 0.000000309. The van der Waals surface area contributed by atoms with Gasteiger partial charge in [0.1, 0.15) is 63.4 Å². The Morgan fingerprint density at radius 1 is 0.191 bits per heavy atom. The van der Waals surface area contributed by atoms with E-state index in [0.29, 0.717) is 59.0 Å². The second-order valence-corrected chi connectivity index (χ2v) is 30.4. The Morgan fingerprint density at radius 3 is 0.603 bits per heavy atom. The monoisotopic (exact) mass is 1810 g/mol. The van der Waals surface area contributed by atoms with Gasteiger partial charge in [-0.1, -0.05) is 182 Å². The summed E-state index contributed by atoms with van der Waals surface area (Å²) >= 11 is 0. The van der Waals surface area contributed by atoms with Crippen molar-refractivity contribution in [3.63, 3.8) is 0 Å². The summed E-state index contributed by atoms with van der Waals surface area (Å²) in [4.78, 5) is 144. The van der Waals surface area contributed by atoms with E-state index in [9.17, 15) is 70.7 Å². The number of unbranched alkanes of at least 4 members (excludes halogenated alkanes) is 24. The van der Waals surface area contributed by atoms with Crippen LogP contribution in [0.2, 0.25) is 0 Å². The molecule has 8 rings (SSSR count). The molecule has 0 radical (unpaired) electrons. The molecule has 706 valence electrons. The van der Waals surface area contributed by atoms with Gasteiger partial charge in [-0.3, -0.25) is 19.2 Å². The predicted molar refractivity (Wildman–Crippen MR) is 488 cm³/mol. The second kappa shape index (κ2) is 64.0. The molecule has 0 aliphatic rings. The summed E-state index contributed by atoms with van der Waals surface area (Å²) in [5.41, 5.74) is 0.709. The lowest BCUT2D eigenvalue weighted by atomic mass is 10.1. The predicted octanol–water partition coefficient (Wildman–Crippen LogP) is 24.9. The molecule has 0 bridgehead atoms. The summed E-state index contributed by atoms with van der Waals surface area (Å²) in [6, 6.07) is 40.3. The number of hydrogen-bond acceptors (Lipinski definition) is 24. The van der Waals surface area contributed by atoms with Crippen LogP contribution in [0, 0.1) is 17.5 Å². The molecular formula is C104H125F3O24. The minimum atomic E-state index is -0.905. The van der Waals surface area contributed by atoms with Crippen molar-refractivity contribution in [2.45, 2.75) is 261 Å². The fraction of sp³-hybridized carbons (Fsp3) is 0.423. The topological polar surface area (TPSA) is 316 Å². The molecule has 0 heterocycles. The van der Waals surface area contributed by atoms with E-state index in [-0.39, 0.29) is 95.6 Å². The third-order valence-corrected chi connectivity index (χ3v) is 19.7. The molecule has 8 aromatic carbocycles. The van der Waals surface area contributed by atoms with Crippen molar-refractivity contribution in [1.29, 1.82) is 0 Å². The van der Waals surface area contributed by atoms with Crippen molar-refractivity contribution >= 4 is 71.6 Å². The van der Waals surface area contributed by atoms with Gasteiger partial charge in [0.05, 0.1) is 70.9 Å². The lowest BCUT2D eigenvalue weighted by Gasteiger charge is -2.08. The molecule has 8 aromatic rings. The highest BCUT2D eigenvalue weighted by Gasteiger charge is 2.23. The zero-order valence-corrected chi connectivity index (χ0v) is 76.6. The van der Waals surface area contributed by atoms with E-state index in [2.05, 4.69) is 27.7 Å². The SMILES string of the molecule is CCCCCCCCCC(=O)Oc1ccc(C(=O)Oc2ccc(C(=O)OCC)c(F)c2)cc1.CCCCCCCCCC(=O)Oc1ccc(C(=O)Oc2ccc(C(=O)OCC)cc2)c(F)c1.CCCCCCCCCC(=O)Oc1ccc(C(=O)Oc2ccc(C(=O)OCC)cc2)c(F)c1.CCCCCCCCCC(=O)Oc1ccc(C(=O)Oc2ccc(C(=O)OCC)cc2)cc1. The molecule has 0 saturated carbocycles. The van der Waals surface area contributed by atoms with E-state index in [4.69, 9.17) is 56.8 Å². The maximum atomic E-state index is 14.4. The number of rotatable bonds is 52. The first-order valence-corrected chi connectivity index (χ1v) is 45.6. The van der Waals surface area contributed by atoms with E-state index in [1.165, 1.54) is 236 Å². The molecule has 0 amide bonds. The lowest BCUT2D eigenvalue weighted by Crippen LogP contribution is -2.12. The maximum absolute atomic E-state index is 14.4. The minimum absolute atomic E-state index is 0.0378. The second-order valence-electron chi connectivity index (χ2n) is 30.4. The molecule has 0 fully saturated rings. The highest BCUT2D eigenvalue weighted by Crippen LogP contribution is 2.28. The van der Waals surface area contributed by atoms with Gasteiger partial charge in [0.2, 0.25) is 0 Å². The Labute approximate surface area is 766 Å². The van der Waals surface area contributed by atoms with E-state index in [1.807, 2.05) is 0 Å². The van der Waals surface area contributed by atoms with Gasteiger partial charge in [-0.25, -0.2) is 51.5 Å². The van der Waals surface area contributed by atoms with Crippen molar-refractivity contribution in [1.82, 2.24) is 0 Å². The largest absolute Gasteiger partial charge is 0.462 e. The minimum Gasteiger partial charge on any atom is -0.462 e. The molecule has 0 aliphatic carbocycles. The first kappa shape index (κ1) is 109. The van der Waals surface area contributed by atoms with Crippen LogP contribution in [0.3, 0.4) is 0 Å². The third kappa shape index (κ3) is 43.9. The third-order valence-electron chi connectivity index (χ3n) is 19.7. The summed E-state index contributed by atoms with van der Waals surface area (Å²) in [5.74, 6) is -7.88. The Hall–Kier alpha value is -12.8. The molecule has 27 heteroatoms. The molecule has 0 unspecified atom stereocenters. The average molecular weight is 1820 g/mol. The summed E-state index contributed by atoms with van der Waals surface area (Å²) in [6.07, 6.45) is 32.3. The maximum Gasteiger partial charge on any atom is 0.346 e. The Morgan fingerprint density at radius 2 is 0.366 bits per heavy atom. The van der Waals surface area contributed by atoms with Crippen LogP contribution in [-0.4, -0.2) is 98.1 Å². The van der Waals surface area contributed by atoms with E-state index < -0.39 is 77.1 Å². The normalized spacial score (nSPS) is 10.5. The average Bonchev–Trinajstić information content (AvgIpc) is 0.845. The summed E-state index contributed by atoms with van der Waals surface area (Å²) in [7, 11) is 0. The van der Waals surface area contributed by atoms with Crippen molar-refractivity contribution in [3.8, 4) is 46.0 Å². The van der Waals surface area contributed by atoms with Gasteiger partial charge in [-0.2, -0.15) is 0 Å². The summed E-state index contributed by atoms with van der Waals surface area (Å²) in [5, 5.41) is 0. The number of halogens is 3. The van der Waals surface area contributed by atoms with Crippen molar-refractivity contribution in [2.75, 3.05) is 26.4 Å². The van der Waals surface area contributed by atoms with Gasteiger partial charge in [-0.05, 0) is 211 Å². The van der Waals surface area contributed by atoms with Gasteiger partial charge >= 0.3 is 71.6 Å². The number of ether oxygens (including phenoxy) is 12. The van der Waals surface area contributed by atoms with Crippen LogP contribution in [0.15, 0.2) is 176 Å². The fourth-order valence-corrected chi connectivity index (χ4v) is 12.6. The highest BCUT2D eigenvalue weighted by molar-refractivity contribution is 5.96. The van der Waals surface area contributed by atoms with Gasteiger partial charge in [0.15, 0.2) is 0 Å². The first-order chi connectivity index (χ1) is 63.3.